The SMILES string of the molecule is COc1cc(C(N)c2cc(Br)c(Cl)s2)ccc1C. The zero-order valence-corrected chi connectivity index (χ0v) is 13.2. The molecule has 1 aromatic heterocycles. The normalized spacial score (nSPS) is 12.5. The largest absolute Gasteiger partial charge is 0.496 e. The minimum Gasteiger partial charge on any atom is -0.496 e. The third-order valence-corrected chi connectivity index (χ3v) is 5.32. The van der Waals surface area contributed by atoms with Gasteiger partial charge in [0.05, 0.1) is 13.2 Å². The van der Waals surface area contributed by atoms with Crippen LogP contribution in [-0.2, 0) is 0 Å². The highest BCUT2D eigenvalue weighted by atomic mass is 79.9. The minimum absolute atomic E-state index is 0.187. The molecule has 0 fully saturated rings. The molecule has 5 heteroatoms. The zero-order valence-electron chi connectivity index (χ0n) is 10.0. The van der Waals surface area contributed by atoms with Gasteiger partial charge in [-0.2, -0.15) is 0 Å². The number of ether oxygens (including phenoxy) is 1. The van der Waals surface area contributed by atoms with Crippen LogP contribution < -0.4 is 10.5 Å². The summed E-state index contributed by atoms with van der Waals surface area (Å²) >= 11 is 10.9. The number of hydrogen-bond donors (Lipinski definition) is 1. The molecule has 1 unspecified atom stereocenters. The Labute approximate surface area is 124 Å². The third-order valence-electron chi connectivity index (χ3n) is 2.76. The fourth-order valence-corrected chi connectivity index (χ4v) is 3.48. The van der Waals surface area contributed by atoms with E-state index in [-0.39, 0.29) is 6.04 Å². The Bertz CT molecular complexity index is 551. The fourth-order valence-electron chi connectivity index (χ4n) is 1.71. The molecule has 2 N–H and O–H groups in total. The number of hydrogen-bond acceptors (Lipinski definition) is 3. The molecule has 2 nitrogen and oxygen atoms in total. The summed E-state index contributed by atoms with van der Waals surface area (Å²) in [7, 11) is 1.66. The van der Waals surface area contributed by atoms with Crippen LogP contribution in [0.3, 0.4) is 0 Å². The molecule has 0 aliphatic carbocycles. The maximum atomic E-state index is 6.25. The Kier molecular flexibility index (Phi) is 4.33. The molecule has 1 heterocycles. The Morgan fingerprint density at radius 2 is 2.11 bits per heavy atom. The van der Waals surface area contributed by atoms with Gasteiger partial charge in [-0.1, -0.05) is 23.7 Å². The molecule has 2 aromatic rings. The summed E-state index contributed by atoms with van der Waals surface area (Å²) in [6, 6.07) is 7.78. The number of thiophene rings is 1. The van der Waals surface area contributed by atoms with Crippen molar-refractivity contribution in [3.05, 3.63) is 49.1 Å². The van der Waals surface area contributed by atoms with Gasteiger partial charge < -0.3 is 10.5 Å². The maximum absolute atomic E-state index is 6.25. The van der Waals surface area contributed by atoms with Crippen molar-refractivity contribution in [1.82, 2.24) is 0 Å². The molecule has 0 radical (unpaired) electrons. The first-order valence-corrected chi connectivity index (χ1v) is 7.36. The summed E-state index contributed by atoms with van der Waals surface area (Å²) < 4.78 is 6.92. The van der Waals surface area contributed by atoms with Crippen molar-refractivity contribution >= 4 is 38.9 Å². The summed E-state index contributed by atoms with van der Waals surface area (Å²) in [5.74, 6) is 0.852. The first-order valence-electron chi connectivity index (χ1n) is 5.37. The molecule has 0 spiro atoms. The quantitative estimate of drug-likeness (QED) is 0.886. The highest BCUT2D eigenvalue weighted by Crippen LogP contribution is 2.37. The zero-order chi connectivity index (χ0) is 13.3. The maximum Gasteiger partial charge on any atom is 0.122 e. The summed E-state index contributed by atoms with van der Waals surface area (Å²) in [6.45, 7) is 2.01. The number of nitrogens with two attached hydrogens (primary N) is 1. The Morgan fingerprint density at radius 3 is 2.67 bits per heavy atom. The molecule has 2 rings (SSSR count). The molecule has 96 valence electrons. The van der Waals surface area contributed by atoms with E-state index >= 15 is 0 Å². The van der Waals surface area contributed by atoms with Crippen LogP contribution in [0.15, 0.2) is 28.7 Å². The number of aryl methyl sites for hydroxylation is 1. The standard InChI is InChI=1S/C13H13BrClNOS/c1-7-3-4-8(5-10(7)17-2)12(16)11-6-9(14)13(15)18-11/h3-6,12H,16H2,1-2H3. The lowest BCUT2D eigenvalue weighted by molar-refractivity contribution is 0.411. The van der Waals surface area contributed by atoms with Crippen LogP contribution in [0.25, 0.3) is 0 Å². The first-order chi connectivity index (χ1) is 8.52. The van der Waals surface area contributed by atoms with Gasteiger partial charge >= 0.3 is 0 Å². The highest BCUT2D eigenvalue weighted by molar-refractivity contribution is 9.10. The van der Waals surface area contributed by atoms with Crippen molar-refractivity contribution in [2.45, 2.75) is 13.0 Å². The molecule has 1 atom stereocenters. The molecule has 0 saturated heterocycles. The van der Waals surface area contributed by atoms with Gasteiger partial charge in [-0.15, -0.1) is 11.3 Å². The van der Waals surface area contributed by atoms with Crippen LogP contribution in [0.5, 0.6) is 5.75 Å². The van der Waals surface area contributed by atoms with Crippen LogP contribution in [0.1, 0.15) is 22.0 Å². The van der Waals surface area contributed by atoms with E-state index in [1.807, 2.05) is 31.2 Å². The Balaban J connectivity index is 2.36. The summed E-state index contributed by atoms with van der Waals surface area (Å²) in [5, 5.41) is 0. The van der Waals surface area contributed by atoms with E-state index < -0.39 is 0 Å². The smallest absolute Gasteiger partial charge is 0.122 e. The molecule has 1 aromatic carbocycles. The van der Waals surface area contributed by atoms with Crippen LogP contribution in [0.2, 0.25) is 4.34 Å². The monoisotopic (exact) mass is 345 g/mol. The lowest BCUT2D eigenvalue weighted by atomic mass is 10.0. The van der Waals surface area contributed by atoms with Crippen LogP contribution >= 0.6 is 38.9 Å². The van der Waals surface area contributed by atoms with Crippen molar-refractivity contribution in [2.24, 2.45) is 5.73 Å². The van der Waals surface area contributed by atoms with E-state index in [9.17, 15) is 0 Å². The number of benzene rings is 1. The van der Waals surface area contributed by atoms with E-state index in [4.69, 9.17) is 22.1 Å². The van der Waals surface area contributed by atoms with Crippen molar-refractivity contribution in [3.63, 3.8) is 0 Å². The summed E-state index contributed by atoms with van der Waals surface area (Å²) in [5.41, 5.74) is 8.36. The van der Waals surface area contributed by atoms with Crippen molar-refractivity contribution < 1.29 is 4.74 Å². The van der Waals surface area contributed by atoms with Gasteiger partial charge in [0.2, 0.25) is 0 Å². The second kappa shape index (κ2) is 5.61. The van der Waals surface area contributed by atoms with Crippen molar-refractivity contribution in [2.75, 3.05) is 7.11 Å². The molecule has 18 heavy (non-hydrogen) atoms. The van der Waals surface area contributed by atoms with Crippen molar-refractivity contribution in [3.8, 4) is 5.75 Å². The summed E-state index contributed by atoms with van der Waals surface area (Å²) in [4.78, 5) is 1.03. The van der Waals surface area contributed by atoms with Crippen LogP contribution in [-0.4, -0.2) is 7.11 Å². The van der Waals surface area contributed by atoms with Crippen LogP contribution in [0, 0.1) is 6.92 Å². The molecule has 0 amide bonds. The van der Waals surface area contributed by atoms with E-state index in [1.54, 1.807) is 7.11 Å². The van der Waals surface area contributed by atoms with Gasteiger partial charge in [-0.05, 0) is 46.1 Å². The molecule has 0 aliphatic rings. The second-order valence-corrected chi connectivity index (χ2v) is 6.52. The predicted octanol–water partition coefficient (Wildman–Crippen LogP) is 4.53. The lowest BCUT2D eigenvalue weighted by Gasteiger charge is -2.12. The topological polar surface area (TPSA) is 35.2 Å². The number of halogens is 2. The van der Waals surface area contributed by atoms with Gasteiger partial charge in [0, 0.05) is 9.35 Å². The van der Waals surface area contributed by atoms with E-state index in [0.717, 1.165) is 30.6 Å². The average Bonchev–Trinajstić information content (AvgIpc) is 2.69. The summed E-state index contributed by atoms with van der Waals surface area (Å²) in [6.07, 6.45) is 0. The Hall–Kier alpha value is -0.550. The number of methoxy groups -OCH3 is 1. The lowest BCUT2D eigenvalue weighted by Crippen LogP contribution is -2.10. The fraction of sp³-hybridized carbons (Fsp3) is 0.231. The van der Waals surface area contributed by atoms with E-state index in [1.165, 1.54) is 11.3 Å². The molecular formula is C13H13BrClNOS. The van der Waals surface area contributed by atoms with E-state index in [2.05, 4.69) is 15.9 Å². The second-order valence-electron chi connectivity index (χ2n) is 3.98. The molecule has 0 aliphatic heterocycles. The molecular weight excluding hydrogens is 334 g/mol. The third kappa shape index (κ3) is 2.72. The van der Waals surface area contributed by atoms with Gasteiger partial charge in [-0.25, -0.2) is 0 Å². The van der Waals surface area contributed by atoms with Gasteiger partial charge in [-0.3, -0.25) is 0 Å². The minimum atomic E-state index is -0.187. The highest BCUT2D eigenvalue weighted by Gasteiger charge is 2.15. The Morgan fingerprint density at radius 1 is 1.39 bits per heavy atom. The first kappa shape index (κ1) is 13.9. The van der Waals surface area contributed by atoms with E-state index in [0.29, 0.717) is 0 Å². The van der Waals surface area contributed by atoms with Gasteiger partial charge in [0.25, 0.3) is 0 Å². The average molecular weight is 347 g/mol. The molecule has 0 saturated carbocycles. The van der Waals surface area contributed by atoms with Crippen molar-refractivity contribution in [1.29, 1.82) is 0 Å². The predicted molar refractivity (Wildman–Crippen MR) is 80.8 cm³/mol. The van der Waals surface area contributed by atoms with Gasteiger partial charge in [0.1, 0.15) is 10.1 Å². The number of rotatable bonds is 3. The van der Waals surface area contributed by atoms with Crippen LogP contribution in [0.4, 0.5) is 0 Å². The van der Waals surface area contributed by atoms with Gasteiger partial charge in [0.15, 0.2) is 0 Å². The molecule has 0 bridgehead atoms.